The number of nitrogens with one attached hydrogen (secondary N) is 1. The van der Waals surface area contributed by atoms with Gasteiger partial charge in [0.2, 0.25) is 11.8 Å². The summed E-state index contributed by atoms with van der Waals surface area (Å²) in [5.41, 5.74) is -0.0722. The second-order valence-corrected chi connectivity index (χ2v) is 14.8. The number of aliphatic hydroxyl groups is 1. The first-order valence-electron chi connectivity index (χ1n) is 18.8. The van der Waals surface area contributed by atoms with Crippen LogP contribution in [0.15, 0.2) is 98.1 Å². The summed E-state index contributed by atoms with van der Waals surface area (Å²) in [5.74, 6) is -4.00. The van der Waals surface area contributed by atoms with E-state index in [-0.39, 0.29) is 43.9 Å². The van der Waals surface area contributed by atoms with E-state index in [1.807, 2.05) is 86.6 Å². The van der Waals surface area contributed by atoms with Crippen LogP contribution in [0, 0.1) is 17.8 Å². The Morgan fingerprint density at radius 1 is 1.06 bits per heavy atom. The molecule has 0 aliphatic carbocycles. The summed E-state index contributed by atoms with van der Waals surface area (Å²) < 4.78 is 18.6. The molecule has 0 saturated carbocycles. The summed E-state index contributed by atoms with van der Waals surface area (Å²) in [6.07, 6.45) is 3.13. The number of fused-ring (bicyclic) bond motifs is 2. The van der Waals surface area contributed by atoms with Gasteiger partial charge in [-0.1, -0.05) is 86.7 Å². The van der Waals surface area contributed by atoms with Crippen LogP contribution in [0.5, 0.6) is 0 Å². The average molecular weight is 738 g/mol. The molecular formula is C43H51N3O8. The van der Waals surface area contributed by atoms with Gasteiger partial charge < -0.3 is 34.4 Å². The first-order chi connectivity index (χ1) is 26.1. The van der Waals surface area contributed by atoms with Crippen molar-refractivity contribution in [2.75, 3.05) is 31.8 Å². The quantitative estimate of drug-likeness (QED) is 0.144. The maximum absolute atomic E-state index is 15.1. The summed E-state index contributed by atoms with van der Waals surface area (Å²) in [6.45, 7) is 11.2. The van der Waals surface area contributed by atoms with E-state index in [0.29, 0.717) is 30.5 Å². The van der Waals surface area contributed by atoms with Crippen LogP contribution in [-0.4, -0.2) is 90.4 Å². The molecule has 2 N–H and O–H groups in total. The molecule has 3 heterocycles. The number of hydrogen-bond donors (Lipinski definition) is 2. The van der Waals surface area contributed by atoms with E-state index in [0.717, 1.165) is 10.8 Å². The number of carbonyl (C=O) groups excluding carboxylic acids is 4. The fourth-order valence-corrected chi connectivity index (χ4v) is 8.68. The van der Waals surface area contributed by atoms with Crippen LogP contribution in [0.3, 0.4) is 0 Å². The zero-order valence-electron chi connectivity index (χ0n) is 31.3. The van der Waals surface area contributed by atoms with Crippen molar-refractivity contribution in [3.8, 4) is 0 Å². The summed E-state index contributed by atoms with van der Waals surface area (Å²) >= 11 is 0. The van der Waals surface area contributed by atoms with Gasteiger partial charge in [-0.3, -0.25) is 19.2 Å². The van der Waals surface area contributed by atoms with Gasteiger partial charge in [-0.05, 0) is 53.6 Å². The van der Waals surface area contributed by atoms with Crippen LogP contribution in [0.25, 0.3) is 10.8 Å². The molecule has 286 valence electrons. The second kappa shape index (κ2) is 16.7. The molecule has 3 aromatic rings. The van der Waals surface area contributed by atoms with E-state index >= 15 is 4.79 Å². The highest BCUT2D eigenvalue weighted by Crippen LogP contribution is 2.59. The van der Waals surface area contributed by atoms with Gasteiger partial charge in [-0.25, -0.2) is 0 Å². The minimum absolute atomic E-state index is 0.0500. The lowest BCUT2D eigenvalue weighted by atomic mass is 9.70. The fraction of sp³-hybridized carbons (Fsp3) is 0.442. The van der Waals surface area contributed by atoms with Crippen LogP contribution in [-0.2, 0) is 33.4 Å². The van der Waals surface area contributed by atoms with Crippen molar-refractivity contribution >= 4 is 40.2 Å². The summed E-state index contributed by atoms with van der Waals surface area (Å²) in [5, 5.41) is 15.6. The fourth-order valence-electron chi connectivity index (χ4n) is 8.68. The van der Waals surface area contributed by atoms with Crippen molar-refractivity contribution in [3.05, 3.63) is 104 Å². The number of methoxy groups -OCH3 is 1. The van der Waals surface area contributed by atoms with Crippen molar-refractivity contribution in [1.29, 1.82) is 0 Å². The third-order valence-electron chi connectivity index (χ3n) is 11.2. The predicted octanol–water partition coefficient (Wildman–Crippen LogP) is 5.13. The van der Waals surface area contributed by atoms with E-state index in [2.05, 4.69) is 18.5 Å². The van der Waals surface area contributed by atoms with E-state index < -0.39 is 59.6 Å². The highest BCUT2D eigenvalue weighted by atomic mass is 16.6. The lowest BCUT2D eigenvalue weighted by Crippen LogP contribution is -2.59. The Kier molecular flexibility index (Phi) is 12.0. The van der Waals surface area contributed by atoms with Gasteiger partial charge in [0.1, 0.15) is 17.7 Å². The Hall–Kier alpha value is -4.84. The average Bonchev–Trinajstić information content (AvgIpc) is 3.82. The number of hydrogen-bond acceptors (Lipinski definition) is 8. The van der Waals surface area contributed by atoms with Crippen molar-refractivity contribution in [2.45, 2.75) is 75.5 Å². The second-order valence-electron chi connectivity index (χ2n) is 14.8. The smallest absolute Gasteiger partial charge is 0.313 e. The highest BCUT2D eigenvalue weighted by Gasteiger charge is 2.76. The van der Waals surface area contributed by atoms with E-state index in [4.69, 9.17) is 14.2 Å². The Balaban J connectivity index is 1.38. The topological polar surface area (TPSA) is 135 Å². The molecule has 8 atom stereocenters. The van der Waals surface area contributed by atoms with Gasteiger partial charge in [-0.2, -0.15) is 0 Å². The van der Waals surface area contributed by atoms with Crippen LogP contribution < -0.4 is 10.2 Å². The molecule has 2 bridgehead atoms. The number of nitrogens with zero attached hydrogens (tertiary/aromatic N) is 2. The SMILES string of the molecule is C=CCCC(=O)N[C@@H](COC)[C@@H](OC(=O)[C@@H]1[C@@H]2CC[C@]3(O2)[C@H](C(=O)N(CC=C)c2ccc4ccccc4c2)N([C@@H](CO)C(C)C)C(=O)[C@@H]13)c1ccccc1. The third-order valence-corrected chi connectivity index (χ3v) is 11.2. The molecule has 11 nitrogen and oxygen atoms in total. The molecule has 3 fully saturated rings. The number of likely N-dealkylation sites (tertiary alicyclic amines) is 1. The molecule has 1 spiro atoms. The van der Waals surface area contributed by atoms with E-state index in [1.165, 1.54) is 12.0 Å². The van der Waals surface area contributed by atoms with Gasteiger partial charge in [0, 0.05) is 25.8 Å². The van der Waals surface area contributed by atoms with Gasteiger partial charge in [0.05, 0.1) is 43.2 Å². The van der Waals surface area contributed by atoms with Crippen molar-refractivity contribution in [3.63, 3.8) is 0 Å². The minimum Gasteiger partial charge on any atom is -0.455 e. The zero-order valence-corrected chi connectivity index (χ0v) is 31.3. The first-order valence-corrected chi connectivity index (χ1v) is 18.8. The monoisotopic (exact) mass is 737 g/mol. The number of rotatable bonds is 17. The molecule has 0 radical (unpaired) electrons. The highest BCUT2D eigenvalue weighted by molar-refractivity contribution is 6.05. The van der Waals surface area contributed by atoms with Gasteiger partial charge >= 0.3 is 5.97 Å². The number of esters is 1. The number of ether oxygens (including phenoxy) is 3. The molecule has 3 aliphatic rings. The molecule has 11 heteroatoms. The Labute approximate surface area is 316 Å². The number of carbonyl (C=O) groups is 4. The van der Waals surface area contributed by atoms with Gasteiger partial charge in [0.25, 0.3) is 5.91 Å². The number of amides is 3. The van der Waals surface area contributed by atoms with Crippen LogP contribution in [0.4, 0.5) is 5.69 Å². The number of anilines is 1. The van der Waals surface area contributed by atoms with Crippen LogP contribution in [0.2, 0.25) is 0 Å². The van der Waals surface area contributed by atoms with Crippen molar-refractivity contribution in [2.24, 2.45) is 17.8 Å². The van der Waals surface area contributed by atoms with Crippen molar-refractivity contribution in [1.82, 2.24) is 10.2 Å². The molecule has 0 aromatic heterocycles. The molecular weight excluding hydrogens is 686 g/mol. The van der Waals surface area contributed by atoms with Crippen LogP contribution >= 0.6 is 0 Å². The molecule has 6 rings (SSSR count). The predicted molar refractivity (Wildman–Crippen MR) is 205 cm³/mol. The molecule has 3 aromatic carbocycles. The Morgan fingerprint density at radius 3 is 2.44 bits per heavy atom. The molecule has 3 aliphatic heterocycles. The normalized spacial score (nSPS) is 24.5. The maximum Gasteiger partial charge on any atom is 0.313 e. The summed E-state index contributed by atoms with van der Waals surface area (Å²) in [6, 6.07) is 20.1. The summed E-state index contributed by atoms with van der Waals surface area (Å²) in [4.78, 5) is 60.6. The van der Waals surface area contributed by atoms with E-state index in [1.54, 1.807) is 17.1 Å². The van der Waals surface area contributed by atoms with Gasteiger partial charge in [-0.15, -0.1) is 13.2 Å². The molecule has 0 unspecified atom stereocenters. The lowest BCUT2D eigenvalue weighted by molar-refractivity contribution is -0.163. The number of benzene rings is 3. The molecule has 3 saturated heterocycles. The number of aliphatic hydroxyl groups excluding tert-OH is 1. The first kappa shape index (κ1) is 38.9. The molecule has 54 heavy (non-hydrogen) atoms. The molecule has 3 amide bonds. The lowest BCUT2D eigenvalue weighted by Gasteiger charge is -2.40. The summed E-state index contributed by atoms with van der Waals surface area (Å²) in [7, 11) is 1.50. The Morgan fingerprint density at radius 2 is 1.78 bits per heavy atom. The van der Waals surface area contributed by atoms with Crippen LogP contribution in [0.1, 0.15) is 51.2 Å². The zero-order chi connectivity index (χ0) is 38.6. The van der Waals surface area contributed by atoms with Crippen molar-refractivity contribution < 1.29 is 38.5 Å². The number of allylic oxidation sites excluding steroid dienone is 1. The Bertz CT molecular complexity index is 1870. The van der Waals surface area contributed by atoms with E-state index in [9.17, 15) is 19.5 Å². The minimum atomic E-state index is -1.34. The maximum atomic E-state index is 15.1. The third kappa shape index (κ3) is 7.20. The standard InChI is InChI=1S/C43H51N3O8/c1-6-8-18-35(48)44-32(26-52-5)38(29-15-10-9-11-16-29)53-42(51)36-34-21-22-43(54-34)37(36)40(49)46(33(25-47)27(3)4)39(43)41(50)45(23-7-2)31-20-19-28-14-12-13-17-30(28)24-31/h6-7,9-17,19-20,24,27,32-34,36-39,47H,1-2,8,18,21-23,25-26H2,3-5H3,(H,44,48)/t32-,33-,34-,36+,37+,38-,39-,43+/m0/s1. The van der Waals surface area contributed by atoms with Gasteiger partial charge in [0.15, 0.2) is 0 Å². The largest absolute Gasteiger partial charge is 0.455 e.